The van der Waals surface area contributed by atoms with Gasteiger partial charge in [0.1, 0.15) is 0 Å². The van der Waals surface area contributed by atoms with Crippen molar-refractivity contribution in [1.29, 1.82) is 0 Å². The van der Waals surface area contributed by atoms with Crippen LogP contribution >= 0.6 is 11.6 Å². The molecule has 15 heavy (non-hydrogen) atoms. The second kappa shape index (κ2) is 4.49. The van der Waals surface area contributed by atoms with Gasteiger partial charge in [-0.05, 0) is 18.6 Å². The number of rotatable bonds is 3. The van der Waals surface area contributed by atoms with Gasteiger partial charge in [0.25, 0.3) is 0 Å². The van der Waals surface area contributed by atoms with Crippen molar-refractivity contribution in [3.05, 3.63) is 35.5 Å². The summed E-state index contributed by atoms with van der Waals surface area (Å²) < 4.78 is 0. The van der Waals surface area contributed by atoms with Crippen molar-refractivity contribution in [2.24, 2.45) is 0 Å². The van der Waals surface area contributed by atoms with Gasteiger partial charge in [0.15, 0.2) is 0 Å². The lowest BCUT2D eigenvalue weighted by atomic mass is 10.2. The molecule has 0 radical (unpaired) electrons. The number of para-hydroxylation sites is 1. The van der Waals surface area contributed by atoms with E-state index in [2.05, 4.69) is 17.2 Å². The van der Waals surface area contributed by atoms with E-state index in [1.165, 1.54) is 0 Å². The van der Waals surface area contributed by atoms with Crippen LogP contribution in [0.25, 0.3) is 10.9 Å². The van der Waals surface area contributed by atoms with Crippen LogP contribution in [-0.2, 0) is 0 Å². The number of hydrogen-bond donors (Lipinski definition) is 1. The van der Waals surface area contributed by atoms with E-state index in [0.29, 0.717) is 5.02 Å². The van der Waals surface area contributed by atoms with Gasteiger partial charge in [0.05, 0.1) is 10.5 Å². The molecular formula is C12H13ClN2. The molecule has 0 aliphatic rings. The van der Waals surface area contributed by atoms with Crippen LogP contribution < -0.4 is 5.32 Å². The molecule has 1 aromatic carbocycles. The van der Waals surface area contributed by atoms with Crippen molar-refractivity contribution < 1.29 is 0 Å². The molecule has 0 amide bonds. The average Bonchev–Trinajstić information content (AvgIpc) is 2.27. The van der Waals surface area contributed by atoms with Crippen LogP contribution in [-0.4, -0.2) is 11.5 Å². The zero-order chi connectivity index (χ0) is 10.7. The lowest BCUT2D eigenvalue weighted by Crippen LogP contribution is -2.00. The maximum Gasteiger partial charge on any atom is 0.0908 e. The minimum atomic E-state index is 0.702. The first kappa shape index (κ1) is 10.2. The fraction of sp³-hybridized carbons (Fsp3) is 0.250. The van der Waals surface area contributed by atoms with E-state index >= 15 is 0 Å². The van der Waals surface area contributed by atoms with E-state index in [-0.39, 0.29) is 0 Å². The van der Waals surface area contributed by atoms with Crippen LogP contribution in [0.15, 0.2) is 30.5 Å². The van der Waals surface area contributed by atoms with E-state index < -0.39 is 0 Å². The van der Waals surface area contributed by atoms with Crippen LogP contribution in [0.4, 0.5) is 5.69 Å². The summed E-state index contributed by atoms with van der Waals surface area (Å²) in [5.74, 6) is 0. The quantitative estimate of drug-likeness (QED) is 0.853. The predicted molar refractivity (Wildman–Crippen MR) is 65.5 cm³/mol. The molecule has 0 aliphatic heterocycles. The van der Waals surface area contributed by atoms with Gasteiger partial charge >= 0.3 is 0 Å². The molecule has 1 heterocycles. The summed E-state index contributed by atoms with van der Waals surface area (Å²) in [5, 5.41) is 5.15. The highest BCUT2D eigenvalue weighted by molar-refractivity contribution is 6.35. The van der Waals surface area contributed by atoms with Gasteiger partial charge in [0.2, 0.25) is 0 Å². The number of fused-ring (bicyclic) bond motifs is 1. The van der Waals surface area contributed by atoms with Gasteiger partial charge in [0, 0.05) is 23.8 Å². The Bertz CT molecular complexity index is 468. The summed E-state index contributed by atoms with van der Waals surface area (Å²) in [7, 11) is 0. The van der Waals surface area contributed by atoms with Gasteiger partial charge in [-0.3, -0.25) is 4.98 Å². The monoisotopic (exact) mass is 220 g/mol. The van der Waals surface area contributed by atoms with Crippen molar-refractivity contribution in [3.8, 4) is 0 Å². The Hall–Kier alpha value is -1.28. The van der Waals surface area contributed by atoms with Crippen LogP contribution in [0.2, 0.25) is 5.02 Å². The Morgan fingerprint density at radius 1 is 1.33 bits per heavy atom. The first-order valence-corrected chi connectivity index (χ1v) is 5.48. The Labute approximate surface area is 94.3 Å². The third-order valence-corrected chi connectivity index (χ3v) is 2.59. The Morgan fingerprint density at radius 2 is 2.20 bits per heavy atom. The lowest BCUT2D eigenvalue weighted by Gasteiger charge is -2.08. The molecule has 2 rings (SSSR count). The van der Waals surface area contributed by atoms with Crippen LogP contribution in [0.1, 0.15) is 13.3 Å². The Balaban J connectivity index is 2.51. The van der Waals surface area contributed by atoms with E-state index in [4.69, 9.17) is 11.6 Å². The maximum absolute atomic E-state index is 6.07. The standard InChI is InChI=1S/C12H13ClN2/c1-2-7-14-11-6-8-15-12-9(11)4-3-5-10(12)13/h3-6,8H,2,7H2,1H3,(H,14,15). The van der Waals surface area contributed by atoms with Gasteiger partial charge in [-0.1, -0.05) is 30.7 Å². The third-order valence-electron chi connectivity index (χ3n) is 2.29. The highest BCUT2D eigenvalue weighted by atomic mass is 35.5. The number of nitrogens with zero attached hydrogens (tertiary/aromatic N) is 1. The number of nitrogens with one attached hydrogen (secondary N) is 1. The van der Waals surface area contributed by atoms with Crippen molar-refractivity contribution >= 4 is 28.2 Å². The van der Waals surface area contributed by atoms with Crippen molar-refractivity contribution in [2.45, 2.75) is 13.3 Å². The van der Waals surface area contributed by atoms with Crippen molar-refractivity contribution in [1.82, 2.24) is 4.98 Å². The van der Waals surface area contributed by atoms with E-state index in [9.17, 15) is 0 Å². The van der Waals surface area contributed by atoms with E-state index in [1.807, 2.05) is 24.3 Å². The van der Waals surface area contributed by atoms with Crippen molar-refractivity contribution in [3.63, 3.8) is 0 Å². The Kier molecular flexibility index (Phi) is 3.07. The predicted octanol–water partition coefficient (Wildman–Crippen LogP) is 3.71. The molecule has 0 saturated heterocycles. The molecule has 0 atom stereocenters. The number of benzene rings is 1. The summed E-state index contributed by atoms with van der Waals surface area (Å²) in [6.45, 7) is 3.11. The normalized spacial score (nSPS) is 10.5. The second-order valence-corrected chi connectivity index (χ2v) is 3.83. The molecule has 0 aliphatic carbocycles. The number of aromatic nitrogens is 1. The summed E-state index contributed by atoms with van der Waals surface area (Å²) in [4.78, 5) is 4.28. The van der Waals surface area contributed by atoms with E-state index in [1.54, 1.807) is 6.20 Å². The molecule has 0 fully saturated rings. The maximum atomic E-state index is 6.07. The highest BCUT2D eigenvalue weighted by Crippen LogP contribution is 2.26. The molecule has 78 valence electrons. The van der Waals surface area contributed by atoms with Crippen LogP contribution in [0, 0.1) is 0 Å². The minimum Gasteiger partial charge on any atom is -0.384 e. The Morgan fingerprint density at radius 3 is 3.00 bits per heavy atom. The second-order valence-electron chi connectivity index (χ2n) is 3.42. The number of anilines is 1. The molecule has 1 N–H and O–H groups in total. The summed E-state index contributed by atoms with van der Waals surface area (Å²) >= 11 is 6.07. The topological polar surface area (TPSA) is 24.9 Å². The van der Waals surface area contributed by atoms with Gasteiger partial charge in [-0.15, -0.1) is 0 Å². The molecule has 1 aromatic heterocycles. The lowest BCUT2D eigenvalue weighted by molar-refractivity contribution is 0.981. The fourth-order valence-corrected chi connectivity index (χ4v) is 1.78. The van der Waals surface area contributed by atoms with Gasteiger partial charge in [-0.2, -0.15) is 0 Å². The molecule has 0 spiro atoms. The number of pyridine rings is 1. The first-order chi connectivity index (χ1) is 7.33. The number of halogens is 1. The van der Waals surface area contributed by atoms with Gasteiger partial charge in [-0.25, -0.2) is 0 Å². The van der Waals surface area contributed by atoms with E-state index in [0.717, 1.165) is 29.6 Å². The molecule has 3 heteroatoms. The zero-order valence-electron chi connectivity index (χ0n) is 8.63. The molecule has 2 nitrogen and oxygen atoms in total. The van der Waals surface area contributed by atoms with Gasteiger partial charge < -0.3 is 5.32 Å². The van der Waals surface area contributed by atoms with Crippen LogP contribution in [0.5, 0.6) is 0 Å². The van der Waals surface area contributed by atoms with Crippen LogP contribution in [0.3, 0.4) is 0 Å². The summed E-state index contributed by atoms with van der Waals surface area (Å²) in [6, 6.07) is 7.82. The number of hydrogen-bond acceptors (Lipinski definition) is 2. The molecular weight excluding hydrogens is 208 g/mol. The highest BCUT2D eigenvalue weighted by Gasteiger charge is 2.03. The SMILES string of the molecule is CCCNc1ccnc2c(Cl)cccc12. The zero-order valence-corrected chi connectivity index (χ0v) is 9.38. The van der Waals surface area contributed by atoms with Crippen molar-refractivity contribution in [2.75, 3.05) is 11.9 Å². The average molecular weight is 221 g/mol. The smallest absolute Gasteiger partial charge is 0.0908 e. The molecule has 0 bridgehead atoms. The minimum absolute atomic E-state index is 0.702. The molecule has 0 saturated carbocycles. The third kappa shape index (κ3) is 2.05. The fourth-order valence-electron chi connectivity index (χ4n) is 1.55. The summed E-state index contributed by atoms with van der Waals surface area (Å²) in [6.07, 6.45) is 2.89. The molecule has 0 unspecified atom stereocenters. The first-order valence-electron chi connectivity index (χ1n) is 5.10. The summed E-state index contributed by atoms with van der Waals surface area (Å²) in [5.41, 5.74) is 1.96. The molecule has 2 aromatic rings. The largest absolute Gasteiger partial charge is 0.384 e.